The van der Waals surface area contributed by atoms with Crippen LogP contribution in [-0.2, 0) is 6.54 Å². The van der Waals surface area contributed by atoms with E-state index in [2.05, 4.69) is 11.6 Å². The Morgan fingerprint density at radius 1 is 1.35 bits per heavy atom. The van der Waals surface area contributed by atoms with Crippen LogP contribution in [0.15, 0.2) is 46.5 Å². The molecule has 5 heteroatoms. The molecule has 0 spiro atoms. The first-order valence-corrected chi connectivity index (χ1v) is 6.29. The van der Waals surface area contributed by atoms with E-state index in [4.69, 9.17) is 0 Å². The molecule has 0 aliphatic carbocycles. The topological polar surface area (TPSA) is 75.1 Å². The second-order valence-electron chi connectivity index (χ2n) is 4.50. The van der Waals surface area contributed by atoms with E-state index < -0.39 is 11.2 Å². The molecule has 0 aliphatic heterocycles. The molecule has 0 saturated heterocycles. The van der Waals surface area contributed by atoms with E-state index in [1.54, 1.807) is 18.2 Å². The van der Waals surface area contributed by atoms with Crippen LogP contribution in [0.3, 0.4) is 0 Å². The molecule has 0 amide bonds. The number of hydrogen-bond acceptors (Lipinski definition) is 3. The van der Waals surface area contributed by atoms with Gasteiger partial charge in [0.1, 0.15) is 5.56 Å². The van der Waals surface area contributed by atoms with Gasteiger partial charge in [-0.15, -0.1) is 6.58 Å². The number of rotatable bonds is 4. The zero-order valence-electron chi connectivity index (χ0n) is 11.2. The van der Waals surface area contributed by atoms with Gasteiger partial charge in [0.25, 0.3) is 5.56 Å². The largest absolute Gasteiger partial charge is 0.494 e. The van der Waals surface area contributed by atoms with Gasteiger partial charge in [0.05, 0.1) is 0 Å². The molecule has 0 saturated carbocycles. The van der Waals surface area contributed by atoms with Gasteiger partial charge in [-0.2, -0.15) is 0 Å². The van der Waals surface area contributed by atoms with Crippen molar-refractivity contribution in [3.05, 3.63) is 63.3 Å². The highest BCUT2D eigenvalue weighted by Gasteiger charge is 2.16. The van der Waals surface area contributed by atoms with Crippen molar-refractivity contribution in [1.29, 1.82) is 0 Å². The smallest absolute Gasteiger partial charge is 0.331 e. The van der Waals surface area contributed by atoms with Gasteiger partial charge in [-0.25, -0.2) is 4.79 Å². The van der Waals surface area contributed by atoms with Crippen molar-refractivity contribution in [3.63, 3.8) is 0 Å². The average Bonchev–Trinajstić information content (AvgIpc) is 2.40. The molecule has 0 radical (unpaired) electrons. The first-order valence-electron chi connectivity index (χ1n) is 6.29. The molecule has 0 aliphatic rings. The Bertz CT molecular complexity index is 756. The summed E-state index contributed by atoms with van der Waals surface area (Å²) in [7, 11) is 0. The van der Waals surface area contributed by atoms with Gasteiger partial charge < -0.3 is 5.11 Å². The zero-order chi connectivity index (χ0) is 14.7. The Morgan fingerprint density at radius 3 is 2.70 bits per heavy atom. The second kappa shape index (κ2) is 5.61. The van der Waals surface area contributed by atoms with Crippen molar-refractivity contribution < 1.29 is 5.11 Å². The van der Waals surface area contributed by atoms with Gasteiger partial charge >= 0.3 is 5.69 Å². The summed E-state index contributed by atoms with van der Waals surface area (Å²) in [5.74, 6) is -0.310. The molecule has 2 aromatic rings. The van der Waals surface area contributed by atoms with Crippen LogP contribution in [0.5, 0.6) is 5.88 Å². The molecule has 0 fully saturated rings. The SMILES string of the molecule is C=CCCn1c(O)c(-c2ccccc2C)c(=O)[nH]c1=O. The Morgan fingerprint density at radius 2 is 2.05 bits per heavy atom. The van der Waals surface area contributed by atoms with E-state index in [9.17, 15) is 14.7 Å². The highest BCUT2D eigenvalue weighted by molar-refractivity contribution is 5.70. The number of benzene rings is 1. The quantitative estimate of drug-likeness (QED) is 0.833. The lowest BCUT2D eigenvalue weighted by atomic mass is 10.0. The normalized spacial score (nSPS) is 10.4. The van der Waals surface area contributed by atoms with Gasteiger partial charge in [-0.3, -0.25) is 14.3 Å². The lowest BCUT2D eigenvalue weighted by Crippen LogP contribution is -2.31. The monoisotopic (exact) mass is 272 g/mol. The highest BCUT2D eigenvalue weighted by atomic mass is 16.3. The van der Waals surface area contributed by atoms with Crippen molar-refractivity contribution in [3.8, 4) is 17.0 Å². The molecule has 2 rings (SSSR count). The summed E-state index contributed by atoms with van der Waals surface area (Å²) in [4.78, 5) is 26.0. The Hall–Kier alpha value is -2.56. The fraction of sp³-hybridized carbons (Fsp3) is 0.200. The van der Waals surface area contributed by atoms with E-state index in [0.29, 0.717) is 12.0 Å². The molecule has 1 heterocycles. The van der Waals surface area contributed by atoms with E-state index >= 15 is 0 Å². The molecular formula is C15H16N2O3. The minimum Gasteiger partial charge on any atom is -0.494 e. The van der Waals surface area contributed by atoms with Crippen LogP contribution >= 0.6 is 0 Å². The average molecular weight is 272 g/mol. The summed E-state index contributed by atoms with van der Waals surface area (Å²) < 4.78 is 1.14. The van der Waals surface area contributed by atoms with E-state index in [1.807, 2.05) is 19.1 Å². The number of aromatic hydroxyl groups is 1. The number of aromatic amines is 1. The number of allylic oxidation sites excluding steroid dienone is 1. The van der Waals surface area contributed by atoms with Crippen LogP contribution in [0, 0.1) is 6.92 Å². The number of nitrogens with zero attached hydrogens (tertiary/aromatic N) is 1. The number of aromatic nitrogens is 2. The third-order valence-electron chi connectivity index (χ3n) is 3.14. The molecule has 0 atom stereocenters. The Kier molecular flexibility index (Phi) is 3.89. The zero-order valence-corrected chi connectivity index (χ0v) is 11.2. The van der Waals surface area contributed by atoms with Crippen LogP contribution < -0.4 is 11.2 Å². The number of aryl methyl sites for hydroxylation is 1. The third-order valence-corrected chi connectivity index (χ3v) is 3.14. The van der Waals surface area contributed by atoms with Gasteiger partial charge in [0.15, 0.2) is 0 Å². The van der Waals surface area contributed by atoms with Crippen LogP contribution in [0.25, 0.3) is 11.1 Å². The van der Waals surface area contributed by atoms with Crippen LogP contribution in [0.1, 0.15) is 12.0 Å². The van der Waals surface area contributed by atoms with Crippen LogP contribution in [-0.4, -0.2) is 14.7 Å². The predicted molar refractivity (Wildman–Crippen MR) is 78.0 cm³/mol. The number of H-pyrrole nitrogens is 1. The van der Waals surface area contributed by atoms with E-state index in [0.717, 1.165) is 10.1 Å². The first-order chi connectivity index (χ1) is 9.56. The van der Waals surface area contributed by atoms with Crippen molar-refractivity contribution in [1.82, 2.24) is 9.55 Å². The molecule has 1 aromatic heterocycles. The Labute approximate surface area is 115 Å². The minimum absolute atomic E-state index is 0.117. The predicted octanol–water partition coefficient (Wildman–Crippen LogP) is 1.79. The molecule has 0 unspecified atom stereocenters. The third kappa shape index (κ3) is 2.42. The molecule has 104 valence electrons. The maximum absolute atomic E-state index is 12.0. The lowest BCUT2D eigenvalue weighted by Gasteiger charge is -2.12. The molecule has 5 nitrogen and oxygen atoms in total. The van der Waals surface area contributed by atoms with E-state index in [1.165, 1.54) is 0 Å². The Balaban J connectivity index is 2.71. The number of nitrogens with one attached hydrogen (secondary N) is 1. The summed E-state index contributed by atoms with van der Waals surface area (Å²) in [6.07, 6.45) is 2.16. The maximum Gasteiger partial charge on any atom is 0.331 e. The molecule has 2 N–H and O–H groups in total. The van der Waals surface area contributed by atoms with Gasteiger partial charge in [0.2, 0.25) is 5.88 Å². The van der Waals surface area contributed by atoms with Gasteiger partial charge in [0, 0.05) is 6.54 Å². The minimum atomic E-state index is -0.619. The second-order valence-corrected chi connectivity index (χ2v) is 4.50. The van der Waals surface area contributed by atoms with Crippen LogP contribution in [0.2, 0.25) is 0 Å². The summed E-state index contributed by atoms with van der Waals surface area (Å²) >= 11 is 0. The summed E-state index contributed by atoms with van der Waals surface area (Å²) in [6, 6.07) is 7.20. The van der Waals surface area contributed by atoms with Crippen molar-refractivity contribution in [2.45, 2.75) is 19.9 Å². The fourth-order valence-corrected chi connectivity index (χ4v) is 2.08. The molecular weight excluding hydrogens is 256 g/mol. The van der Waals surface area contributed by atoms with Crippen molar-refractivity contribution in [2.75, 3.05) is 0 Å². The highest BCUT2D eigenvalue weighted by Crippen LogP contribution is 2.26. The van der Waals surface area contributed by atoms with Gasteiger partial charge in [-0.1, -0.05) is 30.3 Å². The van der Waals surface area contributed by atoms with E-state index in [-0.39, 0.29) is 18.0 Å². The molecule has 1 aromatic carbocycles. The van der Waals surface area contributed by atoms with Crippen molar-refractivity contribution in [2.24, 2.45) is 0 Å². The first kappa shape index (κ1) is 13.9. The number of hydrogen-bond donors (Lipinski definition) is 2. The molecule has 20 heavy (non-hydrogen) atoms. The maximum atomic E-state index is 12.0. The van der Waals surface area contributed by atoms with Gasteiger partial charge in [-0.05, 0) is 24.5 Å². The summed E-state index contributed by atoms with van der Waals surface area (Å²) in [5.41, 5.74) is 0.371. The van der Waals surface area contributed by atoms with Crippen LogP contribution in [0.4, 0.5) is 0 Å². The summed E-state index contributed by atoms with van der Waals surface area (Å²) in [6.45, 7) is 5.69. The van der Waals surface area contributed by atoms with Crippen molar-refractivity contribution >= 4 is 0 Å². The molecule has 0 bridgehead atoms. The fourth-order valence-electron chi connectivity index (χ4n) is 2.08. The summed E-state index contributed by atoms with van der Waals surface area (Å²) in [5, 5.41) is 10.3. The standard InChI is InChI=1S/C15H16N2O3/c1-3-4-9-17-14(19)12(13(18)16-15(17)20)11-8-6-5-7-10(11)2/h3,5-8,19H,1,4,9H2,2H3,(H,16,18,20). The lowest BCUT2D eigenvalue weighted by molar-refractivity contribution is 0.404.